The van der Waals surface area contributed by atoms with Gasteiger partial charge in [0.05, 0.1) is 0 Å². The molecule has 3 heteroatoms. The first kappa shape index (κ1) is 13.9. The summed E-state index contributed by atoms with van der Waals surface area (Å²) < 4.78 is 2.34. The largest absolute Gasteiger partial charge is 0.354 e. The average Bonchev–Trinajstić information content (AvgIpc) is 2.98. The van der Waals surface area contributed by atoms with E-state index in [2.05, 4.69) is 52.1 Å². The summed E-state index contributed by atoms with van der Waals surface area (Å²) in [6.45, 7) is 4.45. The van der Waals surface area contributed by atoms with Crippen molar-refractivity contribution in [3.05, 3.63) is 46.4 Å². The summed E-state index contributed by atoms with van der Waals surface area (Å²) in [5.74, 6) is 0.870. The van der Waals surface area contributed by atoms with Crippen molar-refractivity contribution in [2.24, 2.45) is 5.92 Å². The van der Waals surface area contributed by atoms with Gasteiger partial charge >= 0.3 is 0 Å². The number of hydrogen-bond donors (Lipinski definition) is 1. The number of aryl methyl sites for hydroxylation is 2. The van der Waals surface area contributed by atoms with Gasteiger partial charge in [-0.15, -0.1) is 0 Å². The van der Waals surface area contributed by atoms with Crippen LogP contribution in [-0.4, -0.2) is 11.1 Å². The first-order valence-electron chi connectivity index (χ1n) is 7.77. The summed E-state index contributed by atoms with van der Waals surface area (Å²) in [6, 6.07) is 5.11. The van der Waals surface area contributed by atoms with Gasteiger partial charge in [-0.3, -0.25) is 0 Å². The molecule has 2 aromatic heterocycles. The molecule has 0 aromatic carbocycles. The Bertz CT molecular complexity index is 511. The minimum atomic E-state index is 0.581. The van der Waals surface area contributed by atoms with E-state index in [4.69, 9.17) is 0 Å². The van der Waals surface area contributed by atoms with E-state index in [1.807, 2.05) is 0 Å². The van der Waals surface area contributed by atoms with Gasteiger partial charge in [0.1, 0.15) is 0 Å². The Morgan fingerprint density at radius 2 is 2.30 bits per heavy atom. The Kier molecular flexibility index (Phi) is 4.58. The van der Waals surface area contributed by atoms with E-state index in [9.17, 15) is 0 Å². The summed E-state index contributed by atoms with van der Waals surface area (Å²) in [7, 11) is 0. The van der Waals surface area contributed by atoms with Crippen LogP contribution in [0.4, 0.5) is 0 Å². The molecule has 2 nitrogen and oxygen atoms in total. The van der Waals surface area contributed by atoms with Gasteiger partial charge in [0.2, 0.25) is 0 Å². The number of hydrogen-bond acceptors (Lipinski definition) is 2. The Balaban J connectivity index is 1.59. The minimum Gasteiger partial charge on any atom is -0.354 e. The Hall–Kier alpha value is -1.06. The third-order valence-electron chi connectivity index (χ3n) is 4.08. The SMILES string of the molecule is CCCNC(c1ccn(CCc2ccsc2)c1)C1CC1. The van der Waals surface area contributed by atoms with Crippen LogP contribution in [0.5, 0.6) is 0 Å². The van der Waals surface area contributed by atoms with Crippen molar-refractivity contribution in [2.75, 3.05) is 6.54 Å². The molecule has 3 rings (SSSR count). The summed E-state index contributed by atoms with van der Waals surface area (Å²) in [6.07, 6.45) is 9.71. The zero-order valence-corrected chi connectivity index (χ0v) is 13.0. The highest BCUT2D eigenvalue weighted by molar-refractivity contribution is 7.07. The molecule has 1 fully saturated rings. The highest BCUT2D eigenvalue weighted by atomic mass is 32.1. The van der Waals surface area contributed by atoms with E-state index in [0.29, 0.717) is 6.04 Å². The summed E-state index contributed by atoms with van der Waals surface area (Å²) in [5, 5.41) is 8.13. The predicted octanol–water partition coefficient (Wildman–Crippen LogP) is 4.24. The van der Waals surface area contributed by atoms with Gasteiger partial charge in [0.15, 0.2) is 0 Å². The Morgan fingerprint density at radius 1 is 1.40 bits per heavy atom. The number of rotatable bonds is 8. The Morgan fingerprint density at radius 3 is 3.00 bits per heavy atom. The monoisotopic (exact) mass is 288 g/mol. The Labute approximate surface area is 125 Å². The third-order valence-corrected chi connectivity index (χ3v) is 4.81. The van der Waals surface area contributed by atoms with Crippen molar-refractivity contribution in [3.8, 4) is 0 Å². The molecule has 1 aliphatic carbocycles. The predicted molar refractivity (Wildman–Crippen MR) is 86.2 cm³/mol. The second-order valence-corrected chi connectivity index (χ2v) is 6.61. The molecular weight excluding hydrogens is 264 g/mol. The van der Waals surface area contributed by atoms with E-state index in [1.165, 1.54) is 30.4 Å². The number of nitrogens with zero attached hydrogens (tertiary/aromatic N) is 1. The topological polar surface area (TPSA) is 17.0 Å². The molecule has 1 aliphatic rings. The standard InChI is InChI=1S/C17H24N2S/c1-2-8-18-17(15-3-4-15)16-6-10-19(12-16)9-5-14-7-11-20-13-14/h6-7,10-13,15,17-18H,2-5,8-9H2,1H3. The van der Waals surface area contributed by atoms with E-state index >= 15 is 0 Å². The van der Waals surface area contributed by atoms with Crippen LogP contribution >= 0.6 is 11.3 Å². The molecule has 0 radical (unpaired) electrons. The maximum absolute atomic E-state index is 3.72. The lowest BCUT2D eigenvalue weighted by Gasteiger charge is -2.16. The molecule has 0 saturated heterocycles. The van der Waals surface area contributed by atoms with Gasteiger partial charge in [0.25, 0.3) is 0 Å². The molecule has 20 heavy (non-hydrogen) atoms. The van der Waals surface area contributed by atoms with E-state index in [0.717, 1.165) is 25.4 Å². The molecule has 0 aliphatic heterocycles. The van der Waals surface area contributed by atoms with Gasteiger partial charge in [0, 0.05) is 25.0 Å². The molecule has 0 bridgehead atoms. The van der Waals surface area contributed by atoms with Gasteiger partial charge < -0.3 is 9.88 Å². The average molecular weight is 288 g/mol. The molecular formula is C17H24N2S. The molecule has 108 valence electrons. The smallest absolute Gasteiger partial charge is 0.0363 e. The first-order valence-corrected chi connectivity index (χ1v) is 8.71. The quantitative estimate of drug-likeness (QED) is 0.768. The fourth-order valence-electron chi connectivity index (χ4n) is 2.76. The van der Waals surface area contributed by atoms with E-state index in [1.54, 1.807) is 11.3 Å². The highest BCUT2D eigenvalue weighted by Gasteiger charge is 2.32. The molecule has 1 atom stereocenters. The minimum absolute atomic E-state index is 0.581. The fraction of sp³-hybridized carbons (Fsp3) is 0.529. The highest BCUT2D eigenvalue weighted by Crippen LogP contribution is 2.41. The second-order valence-electron chi connectivity index (χ2n) is 5.83. The lowest BCUT2D eigenvalue weighted by atomic mass is 10.1. The van der Waals surface area contributed by atoms with Crippen molar-refractivity contribution >= 4 is 11.3 Å². The van der Waals surface area contributed by atoms with Crippen LogP contribution in [0.2, 0.25) is 0 Å². The number of nitrogens with one attached hydrogen (secondary N) is 1. The van der Waals surface area contributed by atoms with Gasteiger partial charge in [-0.25, -0.2) is 0 Å². The number of aromatic nitrogens is 1. The summed E-state index contributed by atoms with van der Waals surface area (Å²) in [5.41, 5.74) is 2.93. The molecule has 2 aromatic rings. The second kappa shape index (κ2) is 6.59. The van der Waals surface area contributed by atoms with Crippen LogP contribution in [0.1, 0.15) is 43.4 Å². The molecule has 2 heterocycles. The maximum atomic E-state index is 3.72. The molecule has 0 amide bonds. The van der Waals surface area contributed by atoms with Crippen LogP contribution in [0.25, 0.3) is 0 Å². The fourth-order valence-corrected chi connectivity index (χ4v) is 3.46. The molecule has 0 spiro atoms. The summed E-state index contributed by atoms with van der Waals surface area (Å²) in [4.78, 5) is 0. The zero-order chi connectivity index (χ0) is 13.8. The molecule has 1 saturated carbocycles. The molecule has 1 unspecified atom stereocenters. The van der Waals surface area contributed by atoms with Crippen molar-refractivity contribution < 1.29 is 0 Å². The number of thiophene rings is 1. The lowest BCUT2D eigenvalue weighted by Crippen LogP contribution is -2.23. The summed E-state index contributed by atoms with van der Waals surface area (Å²) >= 11 is 1.79. The van der Waals surface area contributed by atoms with Crippen LogP contribution < -0.4 is 5.32 Å². The normalized spacial score (nSPS) is 16.4. The van der Waals surface area contributed by atoms with Gasteiger partial charge in [-0.05, 0) is 72.2 Å². The lowest BCUT2D eigenvalue weighted by molar-refractivity contribution is 0.480. The van der Waals surface area contributed by atoms with Crippen LogP contribution in [-0.2, 0) is 13.0 Å². The van der Waals surface area contributed by atoms with Crippen LogP contribution in [0.15, 0.2) is 35.3 Å². The van der Waals surface area contributed by atoms with Gasteiger partial charge in [-0.1, -0.05) is 6.92 Å². The van der Waals surface area contributed by atoms with Crippen LogP contribution in [0, 0.1) is 5.92 Å². The van der Waals surface area contributed by atoms with Crippen LogP contribution in [0.3, 0.4) is 0 Å². The van der Waals surface area contributed by atoms with E-state index in [-0.39, 0.29) is 0 Å². The van der Waals surface area contributed by atoms with Crippen molar-refractivity contribution in [1.29, 1.82) is 0 Å². The first-order chi connectivity index (χ1) is 9.86. The van der Waals surface area contributed by atoms with Crippen molar-refractivity contribution in [2.45, 2.75) is 45.2 Å². The zero-order valence-electron chi connectivity index (χ0n) is 12.2. The van der Waals surface area contributed by atoms with E-state index < -0.39 is 0 Å². The van der Waals surface area contributed by atoms with Crippen molar-refractivity contribution in [1.82, 2.24) is 9.88 Å². The third kappa shape index (κ3) is 3.53. The van der Waals surface area contributed by atoms with Crippen molar-refractivity contribution in [3.63, 3.8) is 0 Å². The molecule has 1 N–H and O–H groups in total. The van der Waals surface area contributed by atoms with Gasteiger partial charge in [-0.2, -0.15) is 11.3 Å². The maximum Gasteiger partial charge on any atom is 0.0363 e.